The lowest BCUT2D eigenvalue weighted by atomic mass is 10.3. The van der Waals surface area contributed by atoms with E-state index in [-0.39, 0.29) is 24.4 Å². The van der Waals surface area contributed by atoms with E-state index in [1.165, 1.54) is 12.1 Å². The lowest BCUT2D eigenvalue weighted by Crippen LogP contribution is -2.34. The highest BCUT2D eigenvalue weighted by Gasteiger charge is 2.28. The van der Waals surface area contributed by atoms with Crippen molar-refractivity contribution >= 4 is 5.91 Å². The summed E-state index contributed by atoms with van der Waals surface area (Å²) < 4.78 is 24.4. The van der Waals surface area contributed by atoms with Gasteiger partial charge in [0.1, 0.15) is 6.10 Å². The summed E-state index contributed by atoms with van der Waals surface area (Å²) >= 11 is 0. The van der Waals surface area contributed by atoms with Gasteiger partial charge in [0.25, 0.3) is 5.91 Å². The average molecular weight is 316 g/mol. The van der Waals surface area contributed by atoms with Gasteiger partial charge in [0.15, 0.2) is 18.2 Å². The van der Waals surface area contributed by atoms with E-state index in [4.69, 9.17) is 9.47 Å². The second-order valence-electron chi connectivity index (χ2n) is 5.26. The standard InChI is InChI=1S/C17H17FN2O3/c18-14-5-1-2-6-15(14)22-12-17(21)20-10-8-13(11-20)23-16-7-3-4-9-19-16/h1-7,9,13H,8,10-12H2. The van der Waals surface area contributed by atoms with Gasteiger partial charge in [-0.2, -0.15) is 0 Å². The topological polar surface area (TPSA) is 51.7 Å². The van der Waals surface area contributed by atoms with Crippen LogP contribution in [0.4, 0.5) is 4.39 Å². The number of ether oxygens (including phenoxy) is 2. The average Bonchev–Trinajstić information content (AvgIpc) is 3.03. The minimum absolute atomic E-state index is 0.0812. The molecule has 1 aliphatic heterocycles. The van der Waals surface area contributed by atoms with E-state index in [0.29, 0.717) is 19.0 Å². The fourth-order valence-corrected chi connectivity index (χ4v) is 2.43. The van der Waals surface area contributed by atoms with Crippen LogP contribution in [0.15, 0.2) is 48.7 Å². The van der Waals surface area contributed by atoms with Crippen LogP contribution >= 0.6 is 0 Å². The molecule has 0 bridgehead atoms. The molecule has 1 aromatic heterocycles. The van der Waals surface area contributed by atoms with Crippen LogP contribution in [0, 0.1) is 5.82 Å². The summed E-state index contributed by atoms with van der Waals surface area (Å²) in [6, 6.07) is 11.5. The molecule has 5 nitrogen and oxygen atoms in total. The summed E-state index contributed by atoms with van der Waals surface area (Å²) in [4.78, 5) is 17.9. The first kappa shape index (κ1) is 15.3. The monoisotopic (exact) mass is 316 g/mol. The van der Waals surface area contributed by atoms with Crippen LogP contribution < -0.4 is 9.47 Å². The Kier molecular flexibility index (Phi) is 4.71. The molecule has 0 radical (unpaired) electrons. The number of likely N-dealkylation sites (tertiary alicyclic amines) is 1. The first-order valence-electron chi connectivity index (χ1n) is 7.45. The van der Waals surface area contributed by atoms with Gasteiger partial charge in [0.05, 0.1) is 6.54 Å². The number of hydrogen-bond acceptors (Lipinski definition) is 4. The zero-order valence-corrected chi connectivity index (χ0v) is 12.5. The fourth-order valence-electron chi connectivity index (χ4n) is 2.43. The Balaban J connectivity index is 1.49. The molecule has 1 aliphatic rings. The Labute approximate surface area is 133 Å². The van der Waals surface area contributed by atoms with Crippen molar-refractivity contribution < 1.29 is 18.7 Å². The molecule has 1 amide bonds. The number of carbonyl (C=O) groups excluding carboxylic acids is 1. The van der Waals surface area contributed by atoms with Crippen molar-refractivity contribution in [2.75, 3.05) is 19.7 Å². The number of benzene rings is 1. The third-order valence-corrected chi connectivity index (χ3v) is 3.61. The van der Waals surface area contributed by atoms with Crippen molar-refractivity contribution in [3.8, 4) is 11.6 Å². The summed E-state index contributed by atoms with van der Waals surface area (Å²) in [5, 5.41) is 0. The molecule has 1 atom stereocenters. The minimum atomic E-state index is -0.474. The number of nitrogens with zero attached hydrogens (tertiary/aromatic N) is 2. The predicted molar refractivity (Wildman–Crippen MR) is 81.7 cm³/mol. The summed E-state index contributed by atoms with van der Waals surface area (Å²) in [6.07, 6.45) is 2.32. The Morgan fingerprint density at radius 1 is 1.26 bits per heavy atom. The van der Waals surface area contributed by atoms with Gasteiger partial charge in [-0.25, -0.2) is 9.37 Å². The molecule has 23 heavy (non-hydrogen) atoms. The SMILES string of the molecule is O=C(COc1ccccc1F)N1CCC(Oc2ccccn2)C1. The van der Waals surface area contributed by atoms with Crippen molar-refractivity contribution in [3.05, 3.63) is 54.5 Å². The van der Waals surface area contributed by atoms with E-state index < -0.39 is 5.82 Å². The molecule has 0 saturated carbocycles. The number of rotatable bonds is 5. The van der Waals surface area contributed by atoms with E-state index in [2.05, 4.69) is 4.98 Å². The maximum absolute atomic E-state index is 13.4. The highest BCUT2D eigenvalue weighted by atomic mass is 19.1. The second-order valence-corrected chi connectivity index (χ2v) is 5.26. The molecule has 1 fully saturated rings. The molecule has 0 N–H and O–H groups in total. The highest BCUT2D eigenvalue weighted by molar-refractivity contribution is 5.78. The molecule has 3 rings (SSSR count). The van der Waals surface area contributed by atoms with Crippen LogP contribution in [-0.4, -0.2) is 41.6 Å². The van der Waals surface area contributed by atoms with Crippen molar-refractivity contribution in [1.82, 2.24) is 9.88 Å². The van der Waals surface area contributed by atoms with Gasteiger partial charge in [-0.15, -0.1) is 0 Å². The highest BCUT2D eigenvalue weighted by Crippen LogP contribution is 2.18. The van der Waals surface area contributed by atoms with Gasteiger partial charge < -0.3 is 14.4 Å². The lowest BCUT2D eigenvalue weighted by molar-refractivity contribution is -0.132. The number of aromatic nitrogens is 1. The first-order valence-corrected chi connectivity index (χ1v) is 7.45. The van der Waals surface area contributed by atoms with Crippen LogP contribution in [0.2, 0.25) is 0 Å². The van der Waals surface area contributed by atoms with Crippen molar-refractivity contribution in [2.24, 2.45) is 0 Å². The molecule has 6 heteroatoms. The summed E-state index contributed by atoms with van der Waals surface area (Å²) in [5.41, 5.74) is 0. The van der Waals surface area contributed by atoms with Crippen molar-refractivity contribution in [2.45, 2.75) is 12.5 Å². The van der Waals surface area contributed by atoms with Crippen molar-refractivity contribution in [1.29, 1.82) is 0 Å². The van der Waals surface area contributed by atoms with Gasteiger partial charge in [-0.3, -0.25) is 4.79 Å². The number of halogens is 1. The number of amides is 1. The molecule has 0 aliphatic carbocycles. The number of hydrogen-bond donors (Lipinski definition) is 0. The van der Waals surface area contributed by atoms with Crippen LogP contribution in [0.5, 0.6) is 11.6 Å². The van der Waals surface area contributed by atoms with Crippen LogP contribution in [0.1, 0.15) is 6.42 Å². The largest absolute Gasteiger partial charge is 0.481 e. The van der Waals surface area contributed by atoms with E-state index in [1.54, 1.807) is 29.3 Å². The molecular weight excluding hydrogens is 299 g/mol. The maximum Gasteiger partial charge on any atom is 0.260 e. The van der Waals surface area contributed by atoms with E-state index >= 15 is 0 Å². The molecule has 2 heterocycles. The Morgan fingerprint density at radius 3 is 2.87 bits per heavy atom. The van der Waals surface area contributed by atoms with Gasteiger partial charge >= 0.3 is 0 Å². The predicted octanol–water partition coefficient (Wildman–Crippen LogP) is 2.28. The maximum atomic E-state index is 13.4. The molecule has 2 aromatic rings. The molecule has 1 aromatic carbocycles. The quantitative estimate of drug-likeness (QED) is 0.849. The Morgan fingerprint density at radius 2 is 2.09 bits per heavy atom. The third-order valence-electron chi connectivity index (χ3n) is 3.61. The first-order chi connectivity index (χ1) is 11.2. The zero-order valence-electron chi connectivity index (χ0n) is 12.5. The van der Waals surface area contributed by atoms with Gasteiger partial charge in [0.2, 0.25) is 5.88 Å². The molecule has 120 valence electrons. The molecular formula is C17H17FN2O3. The summed E-state index contributed by atoms with van der Waals surface area (Å²) in [5.74, 6) is -0.0193. The van der Waals surface area contributed by atoms with E-state index in [9.17, 15) is 9.18 Å². The normalized spacial score (nSPS) is 17.1. The fraction of sp³-hybridized carbons (Fsp3) is 0.294. The molecule has 1 unspecified atom stereocenters. The molecule has 1 saturated heterocycles. The van der Waals surface area contributed by atoms with Crippen LogP contribution in [0.3, 0.4) is 0 Å². The van der Waals surface area contributed by atoms with Crippen LogP contribution in [0.25, 0.3) is 0 Å². The second kappa shape index (κ2) is 7.09. The number of carbonyl (C=O) groups is 1. The van der Waals surface area contributed by atoms with Gasteiger partial charge in [-0.1, -0.05) is 18.2 Å². The smallest absolute Gasteiger partial charge is 0.260 e. The van der Waals surface area contributed by atoms with Crippen LogP contribution in [-0.2, 0) is 4.79 Å². The van der Waals surface area contributed by atoms with E-state index in [0.717, 1.165) is 6.42 Å². The molecule has 0 spiro atoms. The van der Waals surface area contributed by atoms with E-state index in [1.807, 2.05) is 12.1 Å². The Hall–Kier alpha value is -2.63. The zero-order chi connectivity index (χ0) is 16.1. The summed E-state index contributed by atoms with van der Waals surface area (Å²) in [6.45, 7) is 0.893. The van der Waals surface area contributed by atoms with Crippen molar-refractivity contribution in [3.63, 3.8) is 0 Å². The number of para-hydroxylation sites is 1. The third kappa shape index (κ3) is 3.97. The Bertz CT molecular complexity index is 666. The van der Waals surface area contributed by atoms with Gasteiger partial charge in [-0.05, 0) is 18.2 Å². The summed E-state index contributed by atoms with van der Waals surface area (Å²) in [7, 11) is 0. The number of pyridine rings is 1. The lowest BCUT2D eigenvalue weighted by Gasteiger charge is -2.17. The van der Waals surface area contributed by atoms with Gasteiger partial charge in [0, 0.05) is 25.2 Å². The minimum Gasteiger partial charge on any atom is -0.481 e.